The Morgan fingerprint density at radius 2 is 1.89 bits per heavy atom. The van der Waals surface area contributed by atoms with Crippen LogP contribution in [0.4, 0.5) is 0 Å². The molecule has 0 aliphatic rings. The Hall–Kier alpha value is -3.15. The molecule has 2 aromatic carbocycles. The number of nitrogens with zero attached hydrogens (tertiary/aromatic N) is 2. The highest BCUT2D eigenvalue weighted by atomic mass is 16.2. The van der Waals surface area contributed by atoms with Crippen LogP contribution in [0.5, 0.6) is 0 Å². The van der Waals surface area contributed by atoms with E-state index >= 15 is 0 Å². The SMILES string of the molecule is [2H]c1c([2H])c([2H])c(Cn2nc(C(=O)N[C@H](C(N)=O)C(C)(C)C)c3ccccc32)c([2H])c1[2H]. The predicted molar refractivity (Wildman–Crippen MR) is 105 cm³/mol. The molecule has 1 atom stereocenters. The van der Waals surface area contributed by atoms with Crippen LogP contribution >= 0.6 is 0 Å². The number of para-hydroxylation sites is 1. The normalized spacial score (nSPS) is 15.3. The van der Waals surface area contributed by atoms with Crippen LogP contribution in [-0.4, -0.2) is 27.6 Å². The minimum Gasteiger partial charge on any atom is -0.368 e. The van der Waals surface area contributed by atoms with E-state index < -0.39 is 41.4 Å². The summed E-state index contributed by atoms with van der Waals surface area (Å²) in [5, 5.41) is 7.50. The molecule has 3 N–H and O–H groups in total. The van der Waals surface area contributed by atoms with E-state index in [1.165, 1.54) is 4.68 Å². The first kappa shape index (κ1) is 13.1. The summed E-state index contributed by atoms with van der Waals surface area (Å²) in [6.45, 7) is 5.19. The van der Waals surface area contributed by atoms with Gasteiger partial charge in [-0.2, -0.15) is 5.10 Å². The summed E-state index contributed by atoms with van der Waals surface area (Å²) in [5.74, 6) is -1.27. The average molecular weight is 369 g/mol. The van der Waals surface area contributed by atoms with E-state index in [-0.39, 0.29) is 29.9 Å². The van der Waals surface area contributed by atoms with Gasteiger partial charge in [0.2, 0.25) is 5.91 Å². The predicted octanol–water partition coefficient (Wildman–Crippen LogP) is 2.71. The van der Waals surface area contributed by atoms with Crippen LogP contribution < -0.4 is 11.1 Å². The number of amides is 2. The third kappa shape index (κ3) is 4.00. The summed E-state index contributed by atoms with van der Waals surface area (Å²) >= 11 is 0. The zero-order valence-electron chi connectivity index (χ0n) is 20.4. The van der Waals surface area contributed by atoms with Gasteiger partial charge in [0, 0.05) is 5.39 Å². The molecule has 0 spiro atoms. The molecular weight excluding hydrogens is 340 g/mol. The Labute approximate surface area is 165 Å². The fraction of sp³-hybridized carbons (Fsp3) is 0.286. The number of fused-ring (bicyclic) bond motifs is 1. The summed E-state index contributed by atoms with van der Waals surface area (Å²) in [6, 6.07) is 3.92. The second-order valence-corrected chi connectivity index (χ2v) is 7.30. The van der Waals surface area contributed by atoms with Crippen LogP contribution in [0.15, 0.2) is 54.5 Å². The molecule has 0 saturated heterocycles. The molecule has 3 aromatic rings. The van der Waals surface area contributed by atoms with E-state index in [4.69, 9.17) is 12.6 Å². The number of carbonyl (C=O) groups is 2. The van der Waals surface area contributed by atoms with Gasteiger partial charge in [0.05, 0.1) is 18.9 Å². The fourth-order valence-electron chi connectivity index (χ4n) is 2.83. The lowest BCUT2D eigenvalue weighted by molar-refractivity contribution is -0.122. The fourth-order valence-corrected chi connectivity index (χ4v) is 2.83. The standard InChI is InChI=1S/C21H24N4O2/c1-21(2,3)18(19(22)26)23-20(27)17-15-11-7-8-12-16(15)25(24-17)13-14-9-5-4-6-10-14/h4-12,18H,13H2,1-3H3,(H2,22,26)(H,23,27)/t18-/m1/s1/i4D,5D,6D,9D,10D. The van der Waals surface area contributed by atoms with Gasteiger partial charge >= 0.3 is 0 Å². The minimum atomic E-state index is -0.931. The van der Waals surface area contributed by atoms with Crippen molar-refractivity contribution in [1.82, 2.24) is 15.1 Å². The van der Waals surface area contributed by atoms with Crippen molar-refractivity contribution in [3.05, 3.63) is 65.7 Å². The molecule has 6 heteroatoms. The number of benzene rings is 2. The number of hydrogen-bond donors (Lipinski definition) is 2. The highest BCUT2D eigenvalue weighted by Crippen LogP contribution is 2.22. The van der Waals surface area contributed by atoms with Gasteiger partial charge in [0.25, 0.3) is 5.91 Å². The number of carbonyl (C=O) groups excluding carboxylic acids is 2. The topological polar surface area (TPSA) is 90.0 Å². The molecule has 1 aromatic heterocycles. The van der Waals surface area contributed by atoms with Crippen LogP contribution in [0.2, 0.25) is 0 Å². The zero-order valence-corrected chi connectivity index (χ0v) is 15.4. The van der Waals surface area contributed by atoms with Gasteiger partial charge in [0.15, 0.2) is 5.69 Å². The van der Waals surface area contributed by atoms with Crippen molar-refractivity contribution in [2.75, 3.05) is 0 Å². The number of nitrogens with one attached hydrogen (secondary N) is 1. The van der Waals surface area contributed by atoms with Gasteiger partial charge in [-0.1, -0.05) is 69.2 Å². The zero-order chi connectivity index (χ0) is 24.0. The monoisotopic (exact) mass is 369 g/mol. The molecule has 0 aliphatic heterocycles. The van der Waals surface area contributed by atoms with E-state index in [0.717, 1.165) is 0 Å². The minimum absolute atomic E-state index is 0.0449. The van der Waals surface area contributed by atoms with E-state index in [1.54, 1.807) is 45.0 Å². The molecule has 0 unspecified atom stereocenters. The van der Waals surface area contributed by atoms with Crippen molar-refractivity contribution >= 4 is 22.7 Å². The molecule has 6 nitrogen and oxygen atoms in total. The summed E-state index contributed by atoms with van der Waals surface area (Å²) in [6.07, 6.45) is 0. The first-order valence-electron chi connectivity index (χ1n) is 11.0. The van der Waals surface area contributed by atoms with Gasteiger partial charge in [-0.25, -0.2) is 0 Å². The second kappa shape index (κ2) is 7.23. The van der Waals surface area contributed by atoms with Crippen LogP contribution in [0.3, 0.4) is 0 Å². The molecule has 1 heterocycles. The number of primary amides is 1. The van der Waals surface area contributed by atoms with Crippen LogP contribution in [0.25, 0.3) is 10.9 Å². The van der Waals surface area contributed by atoms with E-state index in [2.05, 4.69) is 10.4 Å². The Balaban J connectivity index is 2.08. The number of hydrogen-bond acceptors (Lipinski definition) is 3. The molecule has 0 fully saturated rings. The Morgan fingerprint density at radius 3 is 2.52 bits per heavy atom. The van der Waals surface area contributed by atoms with Crippen molar-refractivity contribution in [3.8, 4) is 0 Å². The molecule has 0 bridgehead atoms. The molecule has 0 aliphatic carbocycles. The van der Waals surface area contributed by atoms with Crippen LogP contribution in [0.1, 0.15) is 43.7 Å². The van der Waals surface area contributed by atoms with Gasteiger partial charge in [-0.05, 0) is 17.0 Å². The van der Waals surface area contributed by atoms with E-state index in [9.17, 15) is 9.59 Å². The molecule has 3 rings (SSSR count). The van der Waals surface area contributed by atoms with Crippen molar-refractivity contribution in [3.63, 3.8) is 0 Å². The number of rotatable bonds is 5. The largest absolute Gasteiger partial charge is 0.368 e. The highest BCUT2D eigenvalue weighted by molar-refractivity contribution is 6.06. The lowest BCUT2D eigenvalue weighted by Crippen LogP contribution is -2.52. The Bertz CT molecular complexity index is 1200. The lowest BCUT2D eigenvalue weighted by Gasteiger charge is -2.28. The molecular formula is C21H24N4O2. The Kier molecular flexibility index (Phi) is 3.50. The quantitative estimate of drug-likeness (QED) is 0.724. The molecule has 2 amide bonds. The molecule has 0 saturated carbocycles. The molecule has 0 radical (unpaired) electrons. The highest BCUT2D eigenvalue weighted by Gasteiger charge is 2.32. The van der Waals surface area contributed by atoms with Gasteiger partial charge in [-0.3, -0.25) is 14.3 Å². The van der Waals surface area contributed by atoms with Crippen LogP contribution in [0, 0.1) is 5.41 Å². The van der Waals surface area contributed by atoms with Crippen LogP contribution in [-0.2, 0) is 11.3 Å². The van der Waals surface area contributed by atoms with Crippen molar-refractivity contribution in [2.24, 2.45) is 11.1 Å². The van der Waals surface area contributed by atoms with E-state index in [0.29, 0.717) is 10.9 Å². The maximum atomic E-state index is 13.0. The van der Waals surface area contributed by atoms with E-state index in [1.807, 2.05) is 0 Å². The van der Waals surface area contributed by atoms with Crippen molar-refractivity contribution < 1.29 is 16.4 Å². The third-order valence-electron chi connectivity index (χ3n) is 4.16. The lowest BCUT2D eigenvalue weighted by atomic mass is 9.86. The summed E-state index contributed by atoms with van der Waals surface area (Å²) in [4.78, 5) is 24.9. The van der Waals surface area contributed by atoms with Crippen molar-refractivity contribution in [2.45, 2.75) is 33.4 Å². The van der Waals surface area contributed by atoms with Gasteiger partial charge in [0.1, 0.15) is 6.04 Å². The number of nitrogens with two attached hydrogens (primary N) is 1. The molecule has 140 valence electrons. The second-order valence-electron chi connectivity index (χ2n) is 7.30. The Morgan fingerprint density at radius 1 is 1.22 bits per heavy atom. The summed E-state index contributed by atoms with van der Waals surface area (Å²) in [7, 11) is 0. The maximum Gasteiger partial charge on any atom is 0.273 e. The smallest absolute Gasteiger partial charge is 0.273 e. The average Bonchev–Trinajstić information content (AvgIpc) is 3.09. The maximum absolute atomic E-state index is 13.0. The number of aromatic nitrogens is 2. The first-order chi connectivity index (χ1) is 14.8. The van der Waals surface area contributed by atoms with Gasteiger partial charge in [-0.15, -0.1) is 0 Å². The first-order valence-corrected chi connectivity index (χ1v) is 8.46. The summed E-state index contributed by atoms with van der Waals surface area (Å²) < 4.78 is 41.2. The summed E-state index contributed by atoms with van der Waals surface area (Å²) in [5.41, 5.74) is 5.49. The molecule has 27 heavy (non-hydrogen) atoms. The van der Waals surface area contributed by atoms with Gasteiger partial charge < -0.3 is 11.1 Å². The van der Waals surface area contributed by atoms with Crippen molar-refractivity contribution in [1.29, 1.82) is 0 Å². The third-order valence-corrected chi connectivity index (χ3v) is 4.16.